The lowest BCUT2D eigenvalue weighted by Gasteiger charge is -2.37. The fourth-order valence-corrected chi connectivity index (χ4v) is 5.83. The molecule has 0 unspecified atom stereocenters. The second-order valence-corrected chi connectivity index (χ2v) is 11.4. The molecule has 3 aromatic rings. The van der Waals surface area contributed by atoms with Gasteiger partial charge in [-0.05, 0) is 55.0 Å². The number of sulfonamides is 1. The highest BCUT2D eigenvalue weighted by atomic mass is 35.5. The van der Waals surface area contributed by atoms with E-state index in [9.17, 15) is 17.6 Å². The molecule has 4 rings (SSSR count). The summed E-state index contributed by atoms with van der Waals surface area (Å²) in [6.45, 7) is 3.36. The number of hydrogen-bond donors (Lipinski definition) is 0. The van der Waals surface area contributed by atoms with Gasteiger partial charge >= 0.3 is 0 Å². The zero-order chi connectivity index (χ0) is 25.9. The zero-order valence-electron chi connectivity index (χ0n) is 19.7. The number of aryl methyl sites for hydroxylation is 1. The Labute approximate surface area is 220 Å². The molecule has 0 radical (unpaired) electrons. The molecule has 1 heterocycles. The van der Waals surface area contributed by atoms with Crippen molar-refractivity contribution in [1.29, 1.82) is 0 Å². The quantitative estimate of drug-likeness (QED) is 0.417. The van der Waals surface area contributed by atoms with E-state index in [2.05, 4.69) is 4.90 Å². The lowest BCUT2D eigenvalue weighted by atomic mass is 10.1. The first-order chi connectivity index (χ1) is 17.1. The predicted molar refractivity (Wildman–Crippen MR) is 140 cm³/mol. The first-order valence-electron chi connectivity index (χ1n) is 11.4. The summed E-state index contributed by atoms with van der Waals surface area (Å²) in [5.74, 6) is -0.877. The summed E-state index contributed by atoms with van der Waals surface area (Å²) in [7, 11) is -4.10. The molecule has 0 aliphatic carbocycles. The Morgan fingerprint density at radius 3 is 2.25 bits per heavy atom. The molecule has 36 heavy (non-hydrogen) atoms. The van der Waals surface area contributed by atoms with E-state index >= 15 is 0 Å². The zero-order valence-corrected chi connectivity index (χ0v) is 22.0. The van der Waals surface area contributed by atoms with E-state index in [-0.39, 0.29) is 22.9 Å². The number of benzene rings is 3. The van der Waals surface area contributed by atoms with Gasteiger partial charge in [-0.3, -0.25) is 4.79 Å². The molecule has 1 aliphatic rings. The van der Waals surface area contributed by atoms with Gasteiger partial charge in [-0.25, -0.2) is 12.8 Å². The minimum Gasteiger partial charge on any atom is -0.368 e. The highest BCUT2D eigenvalue weighted by Gasteiger charge is 2.31. The van der Waals surface area contributed by atoms with Crippen molar-refractivity contribution in [1.82, 2.24) is 9.21 Å². The maximum atomic E-state index is 14.4. The summed E-state index contributed by atoms with van der Waals surface area (Å²) in [4.78, 5) is 17.0. The van der Waals surface area contributed by atoms with Gasteiger partial charge in [0.2, 0.25) is 15.9 Å². The van der Waals surface area contributed by atoms with Crippen LogP contribution in [-0.4, -0.2) is 56.3 Å². The molecular weight excluding hydrogens is 524 g/mol. The van der Waals surface area contributed by atoms with Crippen LogP contribution in [0, 0.1) is 12.7 Å². The molecule has 0 aromatic heterocycles. The molecule has 1 saturated heterocycles. The number of rotatable bonds is 7. The fourth-order valence-electron chi connectivity index (χ4n) is 4.17. The average Bonchev–Trinajstić information content (AvgIpc) is 2.86. The fraction of sp³-hybridized carbons (Fsp3) is 0.269. The molecule has 1 aliphatic heterocycles. The van der Waals surface area contributed by atoms with Crippen LogP contribution in [-0.2, 0) is 21.4 Å². The number of hydrogen-bond acceptors (Lipinski definition) is 4. The van der Waals surface area contributed by atoms with Gasteiger partial charge < -0.3 is 9.80 Å². The van der Waals surface area contributed by atoms with Crippen LogP contribution in [0.4, 0.5) is 10.1 Å². The van der Waals surface area contributed by atoms with E-state index in [0.29, 0.717) is 36.2 Å². The smallest absolute Gasteiger partial charge is 0.243 e. The third kappa shape index (κ3) is 6.00. The molecule has 0 spiro atoms. The molecule has 1 amide bonds. The Morgan fingerprint density at radius 1 is 0.944 bits per heavy atom. The number of amides is 1. The van der Waals surface area contributed by atoms with E-state index in [1.54, 1.807) is 11.0 Å². The molecule has 10 heteroatoms. The van der Waals surface area contributed by atoms with Gasteiger partial charge in [-0.2, -0.15) is 4.31 Å². The number of carbonyl (C=O) groups is 1. The summed E-state index contributed by atoms with van der Waals surface area (Å²) in [5.41, 5.74) is 2.29. The van der Waals surface area contributed by atoms with Gasteiger partial charge in [0, 0.05) is 54.0 Å². The van der Waals surface area contributed by atoms with Crippen LogP contribution in [0.5, 0.6) is 0 Å². The van der Waals surface area contributed by atoms with Crippen LogP contribution in [0.2, 0.25) is 10.0 Å². The Hall–Kier alpha value is -2.65. The summed E-state index contributed by atoms with van der Waals surface area (Å²) in [6, 6.07) is 17.3. The van der Waals surface area contributed by atoms with Gasteiger partial charge in [0.25, 0.3) is 0 Å². The number of carbonyl (C=O) groups excluding carboxylic acids is 1. The van der Waals surface area contributed by atoms with Gasteiger partial charge in [0.1, 0.15) is 5.82 Å². The largest absolute Gasteiger partial charge is 0.368 e. The molecule has 0 bridgehead atoms. The van der Waals surface area contributed by atoms with E-state index < -0.39 is 22.4 Å². The predicted octanol–water partition coefficient (Wildman–Crippen LogP) is 4.98. The van der Waals surface area contributed by atoms with Crippen molar-refractivity contribution < 1.29 is 17.6 Å². The first kappa shape index (κ1) is 26.4. The summed E-state index contributed by atoms with van der Waals surface area (Å²) in [5, 5.41) is 1.03. The van der Waals surface area contributed by atoms with Gasteiger partial charge in [-0.15, -0.1) is 0 Å². The lowest BCUT2D eigenvalue weighted by molar-refractivity contribution is -0.131. The molecular formula is C26H26Cl2FN3O3S. The molecule has 0 saturated carbocycles. The third-order valence-electron chi connectivity index (χ3n) is 6.21. The minimum absolute atomic E-state index is 0.0164. The van der Waals surface area contributed by atoms with E-state index in [1.165, 1.54) is 42.5 Å². The van der Waals surface area contributed by atoms with E-state index in [1.807, 2.05) is 25.1 Å². The molecule has 1 fully saturated rings. The van der Waals surface area contributed by atoms with Crippen LogP contribution >= 0.6 is 23.2 Å². The van der Waals surface area contributed by atoms with Gasteiger partial charge in [0.15, 0.2) is 0 Å². The molecule has 6 nitrogen and oxygen atoms in total. The van der Waals surface area contributed by atoms with E-state index in [0.717, 1.165) is 15.6 Å². The van der Waals surface area contributed by atoms with Crippen molar-refractivity contribution in [3.8, 4) is 0 Å². The van der Waals surface area contributed by atoms with Crippen molar-refractivity contribution in [3.63, 3.8) is 0 Å². The van der Waals surface area contributed by atoms with Crippen molar-refractivity contribution >= 4 is 44.8 Å². The average molecular weight is 550 g/mol. The second kappa shape index (κ2) is 11.2. The number of anilines is 1. The van der Waals surface area contributed by atoms with Crippen molar-refractivity contribution in [3.05, 3.63) is 93.7 Å². The SMILES string of the molecule is Cc1ccc(Cl)cc1N1CCN(C(=O)CN(Cc2ccccc2F)S(=O)(=O)c2ccc(Cl)cc2)CC1. The summed E-state index contributed by atoms with van der Waals surface area (Å²) < 4.78 is 42.3. The van der Waals surface area contributed by atoms with Gasteiger partial charge in [-0.1, -0.05) is 47.5 Å². The highest BCUT2D eigenvalue weighted by molar-refractivity contribution is 7.89. The molecule has 3 aromatic carbocycles. The van der Waals surface area contributed by atoms with Crippen molar-refractivity contribution in [2.75, 3.05) is 37.6 Å². The van der Waals surface area contributed by atoms with Crippen LogP contribution in [0.3, 0.4) is 0 Å². The monoisotopic (exact) mass is 549 g/mol. The Bertz CT molecular complexity index is 1340. The standard InChI is InChI=1S/C26H26Cl2FN3O3S/c1-19-6-7-22(28)16-25(19)30-12-14-31(15-13-30)26(33)18-32(17-20-4-2-3-5-24(20)29)36(34,35)23-10-8-21(27)9-11-23/h2-11,16H,12-15,17-18H2,1H3. The number of piperazine rings is 1. The first-order valence-corrected chi connectivity index (χ1v) is 13.6. The Morgan fingerprint density at radius 2 is 1.58 bits per heavy atom. The van der Waals surface area contributed by atoms with Crippen molar-refractivity contribution in [2.45, 2.75) is 18.4 Å². The lowest BCUT2D eigenvalue weighted by Crippen LogP contribution is -2.52. The number of nitrogens with zero attached hydrogens (tertiary/aromatic N) is 3. The maximum absolute atomic E-state index is 14.4. The summed E-state index contributed by atoms with van der Waals surface area (Å²) >= 11 is 12.1. The normalized spacial score (nSPS) is 14.4. The van der Waals surface area contributed by atoms with E-state index in [4.69, 9.17) is 23.2 Å². The van der Waals surface area contributed by atoms with Gasteiger partial charge in [0.05, 0.1) is 11.4 Å². The Kier molecular flexibility index (Phi) is 8.20. The molecule has 0 atom stereocenters. The summed E-state index contributed by atoms with van der Waals surface area (Å²) in [6.07, 6.45) is 0. The molecule has 0 N–H and O–H groups in total. The van der Waals surface area contributed by atoms with Crippen LogP contribution in [0.25, 0.3) is 0 Å². The van der Waals surface area contributed by atoms with Crippen LogP contribution < -0.4 is 4.90 Å². The topological polar surface area (TPSA) is 60.9 Å². The van der Waals surface area contributed by atoms with Crippen LogP contribution in [0.15, 0.2) is 71.6 Å². The minimum atomic E-state index is -4.10. The van der Waals surface area contributed by atoms with Crippen molar-refractivity contribution in [2.24, 2.45) is 0 Å². The maximum Gasteiger partial charge on any atom is 0.243 e. The van der Waals surface area contributed by atoms with Crippen LogP contribution in [0.1, 0.15) is 11.1 Å². The molecule has 190 valence electrons. The highest BCUT2D eigenvalue weighted by Crippen LogP contribution is 2.26. The number of halogens is 3. The third-order valence-corrected chi connectivity index (χ3v) is 8.50. The Balaban J connectivity index is 1.52. The second-order valence-electron chi connectivity index (χ2n) is 8.62.